The number of hydrogen-bond donors (Lipinski definition) is 12. The minimum absolute atomic E-state index is 0.301. The number of amides is 4. The van der Waals surface area contributed by atoms with Crippen LogP contribution in [0, 0.1) is 95.5 Å². The fourth-order valence-corrected chi connectivity index (χ4v) is 16.0. The fraction of sp³-hybridized carbons (Fsp3) is 0.303. The van der Waals surface area contributed by atoms with Gasteiger partial charge in [0.05, 0.1) is 29.3 Å². The number of likely N-dealkylation sites (tertiary alicyclic amines) is 1. The van der Waals surface area contributed by atoms with Crippen molar-refractivity contribution in [3.63, 3.8) is 0 Å². The van der Waals surface area contributed by atoms with Gasteiger partial charge in [-0.15, -0.1) is 0 Å². The number of hydrogen-bond acceptors (Lipinski definition) is 17. The third-order valence-corrected chi connectivity index (χ3v) is 23.9. The quantitative estimate of drug-likeness (QED) is 0.0203. The fourth-order valence-electron chi connectivity index (χ4n) is 16.0. The summed E-state index contributed by atoms with van der Waals surface area (Å²) in [6, 6.07) is 49.5. The number of nitrogens with two attached hydrogens (primary N) is 4. The molecule has 652 valence electrons. The average Bonchev–Trinajstić information content (AvgIpc) is 1.66. The van der Waals surface area contributed by atoms with E-state index >= 15 is 0 Å². The van der Waals surface area contributed by atoms with E-state index in [1.807, 2.05) is 18.2 Å². The Bertz CT molecular complexity index is 5940. The number of nitrogens with one attached hydrogen (secondary N) is 8. The van der Waals surface area contributed by atoms with Crippen molar-refractivity contribution in [2.24, 2.45) is 22.9 Å². The molecular weight excluding hydrogens is 1580 g/mol. The summed E-state index contributed by atoms with van der Waals surface area (Å²) < 4.78 is 13.1. The third kappa shape index (κ3) is 23.8. The highest BCUT2D eigenvalue weighted by Gasteiger charge is 2.26. The van der Waals surface area contributed by atoms with Gasteiger partial charge in [0.2, 0.25) is 5.95 Å². The molecule has 8 aromatic carbocycles. The summed E-state index contributed by atoms with van der Waals surface area (Å²) in [7, 11) is 0. The van der Waals surface area contributed by atoms with Crippen LogP contribution in [0.5, 0.6) is 0 Å². The van der Waals surface area contributed by atoms with Crippen molar-refractivity contribution in [2.45, 2.75) is 161 Å². The van der Waals surface area contributed by atoms with E-state index < -0.39 is 23.6 Å². The summed E-state index contributed by atoms with van der Waals surface area (Å²) in [4.78, 5) is 67.9. The Morgan fingerprint density at radius 2 is 0.683 bits per heavy atom. The molecule has 16 N–H and O–H groups in total. The topological polar surface area (TPSA) is 375 Å². The number of carbonyl (C=O) groups is 4. The first-order valence-corrected chi connectivity index (χ1v) is 42.6. The number of benzene rings is 8. The number of aryl methyl sites for hydroxylation is 8. The van der Waals surface area contributed by atoms with Crippen LogP contribution < -0.4 is 54.0 Å². The first-order chi connectivity index (χ1) is 60.5. The first kappa shape index (κ1) is 91.0. The molecule has 2 aliphatic heterocycles. The van der Waals surface area contributed by atoms with Gasteiger partial charge in [0.25, 0.3) is 23.6 Å². The molecule has 4 amide bonds. The Morgan fingerprint density at radius 3 is 1.02 bits per heavy atom. The summed E-state index contributed by atoms with van der Waals surface area (Å²) in [5, 5.41) is 42.1. The van der Waals surface area contributed by atoms with Crippen LogP contribution in [0.2, 0.25) is 0 Å². The molecule has 2 aliphatic rings. The molecule has 5 aromatic heterocycles. The highest BCUT2D eigenvalue weighted by Crippen LogP contribution is 2.30. The number of aromatic nitrogens is 10. The summed E-state index contributed by atoms with van der Waals surface area (Å²) in [6.07, 6.45) is 9.48. The van der Waals surface area contributed by atoms with E-state index in [-0.39, 0.29) is 5.82 Å². The maximum Gasteiger partial charge on any atom is 0.254 e. The second-order valence-electron chi connectivity index (χ2n) is 33.0. The van der Waals surface area contributed by atoms with E-state index in [1.54, 1.807) is 36.7 Å². The van der Waals surface area contributed by atoms with Crippen molar-refractivity contribution in [1.82, 2.24) is 55.7 Å². The van der Waals surface area contributed by atoms with Crippen molar-refractivity contribution in [3.05, 3.63) is 343 Å². The maximum absolute atomic E-state index is 13.1. The number of piperazine rings is 1. The zero-order valence-electron chi connectivity index (χ0n) is 74.1. The van der Waals surface area contributed by atoms with Gasteiger partial charge in [-0.3, -0.25) is 44.5 Å². The van der Waals surface area contributed by atoms with Crippen LogP contribution in [0.15, 0.2) is 164 Å². The minimum atomic E-state index is -0.556. The number of primary amides is 4. The van der Waals surface area contributed by atoms with Crippen LogP contribution in [-0.2, 0) is 58.4 Å². The normalized spacial score (nSPS) is 12.5. The number of anilines is 6. The number of carbonyl (C=O) groups excluding carboxylic acids is 4. The number of nitrogens with zero attached hydrogens (tertiary/aromatic N) is 10. The minimum Gasteiger partial charge on any atom is -0.368 e. The molecule has 0 unspecified atom stereocenters. The maximum atomic E-state index is 13.1. The average molecular weight is 1700 g/mol. The molecule has 2 fully saturated rings. The van der Waals surface area contributed by atoms with Gasteiger partial charge in [0.1, 0.15) is 28.1 Å². The van der Waals surface area contributed by atoms with Crippen molar-refractivity contribution in [3.8, 4) is 0 Å². The van der Waals surface area contributed by atoms with Crippen molar-refractivity contribution < 1.29 is 23.6 Å². The molecule has 0 radical (unpaired) electrons. The molecule has 0 saturated carbocycles. The molecule has 0 spiro atoms. The van der Waals surface area contributed by atoms with Crippen LogP contribution in [0.4, 0.5) is 45.0 Å². The standard InChI is InChI=1S/C29H34N8O.C27H35N5O.C22H23N5O.C21H23FN4O/c1-19-15-23(16-20(2)21(19)3)18-33-28-26(27(30)38)25(34-35-28)17-22-5-7-24(8-6-22)36-11-13-37(14-12-36)29-31-9-4-10-32-29;1-18-13-23(14-19(2)20(18)3)16-29-27-25(26(28)33)24(30-31-27)15-21-7-9-22(10-8-21)17-32-11-5-4-6-12-32;1-13-8-17(9-14(2)15(13)3)12-25-22-20(21(23)28)19(26-27-22)11-16-6-5-7-18(10-16)24-4;1-12-8-16(9-13(2)14(12)3)11-24-21-19(20(23)27)18(25-26-21)10-15-4-6-17(22)7-5-15/h4-10,15-16H,11-14,17-18H2,1-3H3,(H2,30,38)(H2,33,34,35);7-10,13-14H,4-6,11-12,15-17H2,1-3H3,(H2,28,33)(H2,29,30,31);5-10H,11-12H2,1-3H3,(H2,23,28)(H2,25,26,27);4-9H,10-11H2,1-3H3,(H2,23,27)(H2,24,25,26). The predicted molar refractivity (Wildman–Crippen MR) is 499 cm³/mol. The van der Waals surface area contributed by atoms with E-state index in [2.05, 4.69) is 272 Å². The zero-order chi connectivity index (χ0) is 89.8. The molecule has 0 aliphatic carbocycles. The summed E-state index contributed by atoms with van der Waals surface area (Å²) in [6.45, 7) is 41.5. The lowest BCUT2D eigenvalue weighted by Crippen LogP contribution is -2.47. The molecule has 0 bridgehead atoms. The van der Waals surface area contributed by atoms with Gasteiger partial charge in [0.15, 0.2) is 29.0 Å². The predicted octanol–water partition coefficient (Wildman–Crippen LogP) is 16.3. The van der Waals surface area contributed by atoms with Gasteiger partial charge < -0.3 is 54.0 Å². The Balaban J connectivity index is 0.000000154. The first-order valence-electron chi connectivity index (χ1n) is 42.6. The molecule has 7 heterocycles. The van der Waals surface area contributed by atoms with Gasteiger partial charge in [0, 0.05) is 103 Å². The van der Waals surface area contributed by atoms with Crippen LogP contribution in [0.25, 0.3) is 4.85 Å². The van der Waals surface area contributed by atoms with E-state index in [1.165, 1.54) is 122 Å². The monoisotopic (exact) mass is 1690 g/mol. The van der Waals surface area contributed by atoms with E-state index in [9.17, 15) is 23.6 Å². The molecular formula is C99H115FN22O4. The van der Waals surface area contributed by atoms with E-state index in [0.717, 1.165) is 88.9 Å². The van der Waals surface area contributed by atoms with Crippen molar-refractivity contribution >= 4 is 64.2 Å². The Labute approximate surface area is 736 Å². The molecule has 15 rings (SSSR count). The molecule has 126 heavy (non-hydrogen) atoms. The van der Waals surface area contributed by atoms with Gasteiger partial charge >= 0.3 is 0 Å². The van der Waals surface area contributed by atoms with Gasteiger partial charge in [-0.1, -0.05) is 133 Å². The van der Waals surface area contributed by atoms with E-state index in [0.29, 0.717) is 120 Å². The second kappa shape index (κ2) is 42.2. The Hall–Kier alpha value is -14.3. The molecule has 0 atom stereocenters. The summed E-state index contributed by atoms with van der Waals surface area (Å²) in [5.74, 6) is 0.285. The van der Waals surface area contributed by atoms with Gasteiger partial charge in [-0.25, -0.2) is 19.2 Å². The second-order valence-corrected chi connectivity index (χ2v) is 33.0. The van der Waals surface area contributed by atoms with Gasteiger partial charge in [-0.2, -0.15) is 20.4 Å². The SMILES string of the molecule is Cc1cc(CNc2n[nH]c(Cc3ccc(CN4CCCCC4)cc3)c2C(N)=O)cc(C)c1C.Cc1cc(CNc2n[nH]c(Cc3ccc(F)cc3)c2C(N)=O)cc(C)c1C.Cc1cc(CNc2n[nH]c(Cc3ccc(N4CCN(c5ncccn5)CC4)cc3)c2C(N)=O)cc(C)c1C.[C-]#[N+]c1cccc(Cc2[nH]nc(NCc3cc(C)c(C)c(C)c3)c2C(N)=O)c1. The molecule has 13 aromatic rings. The molecule has 26 nitrogen and oxygen atoms in total. The zero-order valence-corrected chi connectivity index (χ0v) is 74.1. The lowest BCUT2D eigenvalue weighted by molar-refractivity contribution is 0.0991. The van der Waals surface area contributed by atoms with Crippen molar-refractivity contribution in [1.29, 1.82) is 0 Å². The van der Waals surface area contributed by atoms with E-state index in [4.69, 9.17) is 29.5 Å². The lowest BCUT2D eigenvalue weighted by Gasteiger charge is -2.36. The summed E-state index contributed by atoms with van der Waals surface area (Å²) in [5.41, 5.74) is 53.5. The van der Waals surface area contributed by atoms with Gasteiger partial charge in [-0.05, 0) is 251 Å². The number of H-pyrrole nitrogens is 4. The molecule has 2 saturated heterocycles. The molecule has 27 heteroatoms. The highest BCUT2D eigenvalue weighted by molar-refractivity contribution is 6.01. The van der Waals surface area contributed by atoms with Crippen LogP contribution in [0.1, 0.15) is 200 Å². The summed E-state index contributed by atoms with van der Waals surface area (Å²) >= 11 is 0. The smallest absolute Gasteiger partial charge is 0.254 e. The highest BCUT2D eigenvalue weighted by atomic mass is 19.1. The number of halogens is 1. The number of piperidine rings is 1. The largest absolute Gasteiger partial charge is 0.368 e. The third-order valence-electron chi connectivity index (χ3n) is 23.9. The van der Waals surface area contributed by atoms with Crippen molar-refractivity contribution in [2.75, 3.05) is 70.3 Å². The Morgan fingerprint density at radius 1 is 0.373 bits per heavy atom. The Kier molecular flexibility index (Phi) is 30.5. The van der Waals surface area contributed by atoms with Crippen LogP contribution in [0.3, 0.4) is 0 Å². The number of rotatable bonds is 28. The van der Waals surface area contributed by atoms with Crippen LogP contribution >= 0.6 is 0 Å². The lowest BCUT2D eigenvalue weighted by atomic mass is 10.0. The van der Waals surface area contributed by atoms with Crippen LogP contribution in [-0.4, -0.2) is 119 Å². The number of aromatic amines is 4.